The smallest absolute Gasteiger partial charge is 0.257 e. The van der Waals surface area contributed by atoms with Gasteiger partial charge >= 0.3 is 0 Å². The molecule has 2 rings (SSSR count). The second-order valence-corrected chi connectivity index (χ2v) is 5.62. The summed E-state index contributed by atoms with van der Waals surface area (Å²) in [4.78, 5) is 19.9. The van der Waals surface area contributed by atoms with E-state index >= 15 is 0 Å². The minimum Gasteiger partial charge on any atom is -0.493 e. The lowest BCUT2D eigenvalue weighted by Crippen LogP contribution is -2.26. The summed E-state index contributed by atoms with van der Waals surface area (Å²) >= 11 is 1.60. The average molecular weight is 264 g/mol. The highest BCUT2D eigenvalue weighted by Crippen LogP contribution is 2.32. The summed E-state index contributed by atoms with van der Waals surface area (Å²) in [6.07, 6.45) is 0.466. The van der Waals surface area contributed by atoms with Gasteiger partial charge in [-0.3, -0.25) is 4.79 Å². The van der Waals surface area contributed by atoms with Crippen LogP contribution in [0.2, 0.25) is 0 Å². The highest BCUT2D eigenvalue weighted by molar-refractivity contribution is 7.10. The van der Waals surface area contributed by atoms with Gasteiger partial charge in [0.2, 0.25) is 5.88 Å². The van der Waals surface area contributed by atoms with Gasteiger partial charge in [-0.1, -0.05) is 13.0 Å². The van der Waals surface area contributed by atoms with E-state index in [9.17, 15) is 9.90 Å². The van der Waals surface area contributed by atoms with E-state index in [4.69, 9.17) is 0 Å². The second kappa shape index (κ2) is 4.57. The van der Waals surface area contributed by atoms with Crippen molar-refractivity contribution in [2.45, 2.75) is 32.6 Å². The summed E-state index contributed by atoms with van der Waals surface area (Å²) in [5.41, 5.74) is -0.345. The molecule has 5 heteroatoms. The molecule has 0 atom stereocenters. The lowest BCUT2D eigenvalue weighted by molar-refractivity contribution is 0.432. The van der Waals surface area contributed by atoms with Gasteiger partial charge in [-0.05, 0) is 31.7 Å². The standard InChI is InChI=1S/C13H16N2O2S/c1-4-8-10(16)14-12(15-11(8)17)13(2,3)9-6-5-7-18-9/h5-7H,4H2,1-3H3,(H2,14,15,16,17). The summed E-state index contributed by atoms with van der Waals surface area (Å²) < 4.78 is 0. The summed E-state index contributed by atoms with van der Waals surface area (Å²) in [6, 6.07) is 3.95. The molecule has 18 heavy (non-hydrogen) atoms. The van der Waals surface area contributed by atoms with Crippen LogP contribution in [0, 0.1) is 0 Å². The Kier molecular flexibility index (Phi) is 3.26. The van der Waals surface area contributed by atoms with Crippen molar-refractivity contribution in [3.8, 4) is 5.88 Å². The Morgan fingerprint density at radius 1 is 1.50 bits per heavy atom. The number of aromatic hydroxyl groups is 1. The van der Waals surface area contributed by atoms with Gasteiger partial charge in [0, 0.05) is 4.88 Å². The van der Waals surface area contributed by atoms with Gasteiger partial charge in [0.25, 0.3) is 5.56 Å². The van der Waals surface area contributed by atoms with E-state index in [0.717, 1.165) is 4.88 Å². The number of hydrogen-bond donors (Lipinski definition) is 2. The van der Waals surface area contributed by atoms with E-state index in [1.807, 2.05) is 38.3 Å². The van der Waals surface area contributed by atoms with Crippen LogP contribution in [0.1, 0.15) is 37.0 Å². The third kappa shape index (κ3) is 2.06. The first-order valence-corrected chi connectivity index (χ1v) is 6.71. The number of thiophene rings is 1. The van der Waals surface area contributed by atoms with Crippen LogP contribution in [0.5, 0.6) is 5.88 Å². The van der Waals surface area contributed by atoms with Crippen molar-refractivity contribution >= 4 is 11.3 Å². The zero-order valence-corrected chi connectivity index (χ0v) is 11.5. The van der Waals surface area contributed by atoms with Crippen molar-refractivity contribution in [3.63, 3.8) is 0 Å². The van der Waals surface area contributed by atoms with Crippen LogP contribution in [0.15, 0.2) is 22.3 Å². The molecule has 0 saturated heterocycles. The molecule has 2 heterocycles. The minimum absolute atomic E-state index is 0.166. The number of aromatic nitrogens is 2. The summed E-state index contributed by atoms with van der Waals surface area (Å²) in [7, 11) is 0. The highest BCUT2D eigenvalue weighted by Gasteiger charge is 2.28. The predicted octanol–water partition coefficient (Wildman–Crippen LogP) is 2.43. The molecule has 2 aromatic rings. The molecule has 0 aliphatic heterocycles. The topological polar surface area (TPSA) is 66.0 Å². The maximum Gasteiger partial charge on any atom is 0.257 e. The minimum atomic E-state index is -0.420. The molecule has 0 aliphatic carbocycles. The van der Waals surface area contributed by atoms with Crippen molar-refractivity contribution < 1.29 is 5.11 Å². The monoisotopic (exact) mass is 264 g/mol. The number of H-pyrrole nitrogens is 1. The van der Waals surface area contributed by atoms with E-state index in [-0.39, 0.29) is 11.4 Å². The molecule has 0 fully saturated rings. The first-order chi connectivity index (χ1) is 8.46. The van der Waals surface area contributed by atoms with E-state index in [1.54, 1.807) is 11.3 Å². The lowest BCUT2D eigenvalue weighted by Gasteiger charge is -2.22. The second-order valence-electron chi connectivity index (χ2n) is 4.67. The molecular formula is C13H16N2O2S. The predicted molar refractivity (Wildman–Crippen MR) is 72.3 cm³/mol. The number of hydrogen-bond acceptors (Lipinski definition) is 4. The number of rotatable bonds is 3. The van der Waals surface area contributed by atoms with E-state index in [1.165, 1.54) is 0 Å². The molecule has 0 aliphatic rings. The maximum absolute atomic E-state index is 11.9. The van der Waals surface area contributed by atoms with E-state index in [2.05, 4.69) is 9.97 Å². The summed E-state index contributed by atoms with van der Waals surface area (Å²) in [5.74, 6) is 0.325. The molecule has 2 aromatic heterocycles. The van der Waals surface area contributed by atoms with Gasteiger partial charge < -0.3 is 10.1 Å². The third-order valence-electron chi connectivity index (χ3n) is 3.08. The van der Waals surface area contributed by atoms with Crippen LogP contribution >= 0.6 is 11.3 Å². The Labute approximate surface area is 109 Å². The molecule has 0 bridgehead atoms. The van der Waals surface area contributed by atoms with E-state index in [0.29, 0.717) is 17.8 Å². The molecular weight excluding hydrogens is 248 g/mol. The Hall–Kier alpha value is -1.62. The normalized spacial score (nSPS) is 11.7. The van der Waals surface area contributed by atoms with Gasteiger partial charge in [-0.25, -0.2) is 0 Å². The van der Waals surface area contributed by atoms with Crippen molar-refractivity contribution in [1.82, 2.24) is 9.97 Å². The number of nitrogens with zero attached hydrogens (tertiary/aromatic N) is 1. The highest BCUT2D eigenvalue weighted by atomic mass is 32.1. The lowest BCUT2D eigenvalue weighted by atomic mass is 9.90. The molecule has 0 saturated carbocycles. The van der Waals surface area contributed by atoms with Crippen LogP contribution < -0.4 is 5.56 Å². The molecule has 96 valence electrons. The zero-order chi connectivity index (χ0) is 13.3. The molecule has 2 N–H and O–H groups in total. The van der Waals surface area contributed by atoms with Crippen molar-refractivity contribution in [3.05, 3.63) is 44.1 Å². The van der Waals surface area contributed by atoms with Gasteiger partial charge in [0.15, 0.2) is 0 Å². The Bertz CT molecular complexity index is 600. The summed E-state index contributed by atoms with van der Waals surface area (Å²) in [5, 5.41) is 11.8. The average Bonchev–Trinajstić information content (AvgIpc) is 2.82. The molecule has 0 unspecified atom stereocenters. The van der Waals surface area contributed by atoms with E-state index < -0.39 is 5.41 Å². The van der Waals surface area contributed by atoms with Crippen molar-refractivity contribution in [1.29, 1.82) is 0 Å². The Morgan fingerprint density at radius 3 is 2.72 bits per heavy atom. The van der Waals surface area contributed by atoms with Crippen LogP contribution in [0.25, 0.3) is 0 Å². The molecule has 0 aromatic carbocycles. The largest absolute Gasteiger partial charge is 0.493 e. The maximum atomic E-state index is 11.9. The van der Waals surface area contributed by atoms with Crippen LogP contribution in [-0.2, 0) is 11.8 Å². The fraction of sp³-hybridized carbons (Fsp3) is 0.385. The fourth-order valence-electron chi connectivity index (χ4n) is 1.85. The van der Waals surface area contributed by atoms with Gasteiger partial charge in [-0.2, -0.15) is 4.98 Å². The Balaban J connectivity index is 2.56. The van der Waals surface area contributed by atoms with Crippen LogP contribution in [-0.4, -0.2) is 15.1 Å². The van der Waals surface area contributed by atoms with Crippen molar-refractivity contribution in [2.75, 3.05) is 0 Å². The molecule has 0 spiro atoms. The third-order valence-corrected chi connectivity index (χ3v) is 4.27. The molecule has 0 radical (unpaired) electrons. The molecule has 0 amide bonds. The van der Waals surface area contributed by atoms with Crippen molar-refractivity contribution in [2.24, 2.45) is 0 Å². The van der Waals surface area contributed by atoms with Crippen LogP contribution in [0.3, 0.4) is 0 Å². The first-order valence-electron chi connectivity index (χ1n) is 5.83. The molecule has 4 nitrogen and oxygen atoms in total. The van der Waals surface area contributed by atoms with Gasteiger partial charge in [0.1, 0.15) is 5.82 Å². The zero-order valence-electron chi connectivity index (χ0n) is 10.7. The quantitative estimate of drug-likeness (QED) is 0.894. The SMILES string of the molecule is CCc1c(O)nc(C(C)(C)c2cccs2)[nH]c1=O. The van der Waals surface area contributed by atoms with Crippen LogP contribution in [0.4, 0.5) is 0 Å². The fourth-order valence-corrected chi connectivity index (χ4v) is 2.70. The number of aromatic amines is 1. The summed E-state index contributed by atoms with van der Waals surface area (Å²) in [6.45, 7) is 5.76. The first kappa shape index (κ1) is 12.8. The van der Waals surface area contributed by atoms with Gasteiger partial charge in [0.05, 0.1) is 11.0 Å². The number of nitrogens with one attached hydrogen (secondary N) is 1. The van der Waals surface area contributed by atoms with Gasteiger partial charge in [-0.15, -0.1) is 11.3 Å². The Morgan fingerprint density at radius 2 is 2.22 bits per heavy atom.